The van der Waals surface area contributed by atoms with Gasteiger partial charge in [-0.3, -0.25) is 0 Å². The number of hydrogen-bond donors (Lipinski definition) is 1. The number of benzene rings is 4. The molecule has 1 atom stereocenters. The molecule has 1 aliphatic rings. The Morgan fingerprint density at radius 1 is 0.931 bits per heavy atom. The van der Waals surface area contributed by atoms with Crippen LogP contribution >= 0.6 is 0 Å². The van der Waals surface area contributed by atoms with E-state index in [0.717, 1.165) is 33.0 Å². The molecule has 1 heterocycles. The van der Waals surface area contributed by atoms with E-state index in [2.05, 4.69) is 36.4 Å². The van der Waals surface area contributed by atoms with Crippen molar-refractivity contribution in [1.29, 1.82) is 5.26 Å². The van der Waals surface area contributed by atoms with Gasteiger partial charge in [0.05, 0.1) is 13.0 Å². The van der Waals surface area contributed by atoms with E-state index >= 15 is 0 Å². The third-order valence-corrected chi connectivity index (χ3v) is 5.51. The predicted octanol–water partition coefficient (Wildman–Crippen LogP) is 5.22. The van der Waals surface area contributed by atoms with Crippen LogP contribution in [-0.4, -0.2) is 7.11 Å². The first-order valence-corrected chi connectivity index (χ1v) is 9.36. The molecule has 0 aromatic heterocycles. The molecule has 140 valence electrons. The number of nitriles is 1. The van der Waals surface area contributed by atoms with E-state index in [1.54, 1.807) is 7.11 Å². The third-order valence-electron chi connectivity index (χ3n) is 5.51. The number of allylic oxidation sites excluding steroid dienone is 1. The zero-order chi connectivity index (χ0) is 20.0. The minimum Gasteiger partial charge on any atom is -0.497 e. The summed E-state index contributed by atoms with van der Waals surface area (Å²) in [5, 5.41) is 14.1. The van der Waals surface area contributed by atoms with Crippen LogP contribution in [0.1, 0.15) is 17.0 Å². The summed E-state index contributed by atoms with van der Waals surface area (Å²) in [6.07, 6.45) is 0. The molecule has 0 bridgehead atoms. The van der Waals surface area contributed by atoms with Crippen LogP contribution in [0.4, 0.5) is 0 Å². The quantitative estimate of drug-likeness (QED) is 0.486. The first kappa shape index (κ1) is 17.2. The van der Waals surface area contributed by atoms with Crippen molar-refractivity contribution in [3.63, 3.8) is 0 Å². The summed E-state index contributed by atoms with van der Waals surface area (Å²) < 4.78 is 11.3. The molecule has 4 aromatic rings. The van der Waals surface area contributed by atoms with Gasteiger partial charge in [0.1, 0.15) is 23.1 Å². The standard InChI is InChI=1S/C25H18N2O2/c1-28-19-9-6-15(7-10-19)23-20-11-8-18-12-16-4-2-3-5-17(16)13-21(18)24(20)29-25(27)22(23)14-26/h2-13,23H,27H2,1H3. The van der Waals surface area contributed by atoms with Gasteiger partial charge in [0.2, 0.25) is 5.88 Å². The molecule has 1 unspecified atom stereocenters. The van der Waals surface area contributed by atoms with Crippen LogP contribution in [0.15, 0.2) is 84.3 Å². The molecule has 4 aromatic carbocycles. The highest BCUT2D eigenvalue weighted by Crippen LogP contribution is 2.46. The second-order valence-corrected chi connectivity index (χ2v) is 7.10. The molecule has 29 heavy (non-hydrogen) atoms. The maximum absolute atomic E-state index is 9.78. The van der Waals surface area contributed by atoms with Gasteiger partial charge in [-0.1, -0.05) is 48.5 Å². The average molecular weight is 378 g/mol. The highest BCUT2D eigenvalue weighted by Gasteiger charge is 2.31. The Labute approximate surface area is 168 Å². The Bertz CT molecular complexity index is 1330. The van der Waals surface area contributed by atoms with E-state index in [1.165, 1.54) is 5.39 Å². The first-order valence-electron chi connectivity index (χ1n) is 9.36. The maximum atomic E-state index is 9.78. The molecule has 0 saturated heterocycles. The summed E-state index contributed by atoms with van der Waals surface area (Å²) in [5.41, 5.74) is 8.52. The number of methoxy groups -OCH3 is 1. The van der Waals surface area contributed by atoms with Gasteiger partial charge in [-0.25, -0.2) is 0 Å². The number of rotatable bonds is 2. The molecule has 4 heteroatoms. The molecule has 0 aliphatic carbocycles. The largest absolute Gasteiger partial charge is 0.497 e. The predicted molar refractivity (Wildman–Crippen MR) is 114 cm³/mol. The van der Waals surface area contributed by atoms with Gasteiger partial charge in [0.25, 0.3) is 0 Å². The minimum absolute atomic E-state index is 0.154. The monoisotopic (exact) mass is 378 g/mol. The van der Waals surface area contributed by atoms with Gasteiger partial charge >= 0.3 is 0 Å². The number of hydrogen-bond acceptors (Lipinski definition) is 4. The van der Waals surface area contributed by atoms with Crippen molar-refractivity contribution in [3.05, 3.63) is 95.4 Å². The zero-order valence-electron chi connectivity index (χ0n) is 15.8. The van der Waals surface area contributed by atoms with Gasteiger partial charge in [-0.05, 0) is 46.0 Å². The fraction of sp³-hybridized carbons (Fsp3) is 0.0800. The lowest BCUT2D eigenvalue weighted by Gasteiger charge is -2.27. The molecule has 2 N–H and O–H groups in total. The van der Waals surface area contributed by atoms with Crippen molar-refractivity contribution in [2.24, 2.45) is 5.73 Å². The Hall–Kier alpha value is -3.97. The highest BCUT2D eigenvalue weighted by molar-refractivity contribution is 6.02. The zero-order valence-corrected chi connectivity index (χ0v) is 15.8. The van der Waals surface area contributed by atoms with Crippen molar-refractivity contribution < 1.29 is 9.47 Å². The molecule has 4 nitrogen and oxygen atoms in total. The van der Waals surface area contributed by atoms with Gasteiger partial charge in [0, 0.05) is 10.9 Å². The summed E-state index contributed by atoms with van der Waals surface area (Å²) in [6.45, 7) is 0. The van der Waals surface area contributed by atoms with Crippen molar-refractivity contribution >= 4 is 21.5 Å². The second kappa shape index (κ2) is 6.57. The molecular formula is C25H18N2O2. The first-order chi connectivity index (χ1) is 14.2. The molecular weight excluding hydrogens is 360 g/mol. The fourth-order valence-corrected chi connectivity index (χ4v) is 4.07. The number of nitrogens with two attached hydrogens (primary N) is 1. The summed E-state index contributed by atoms with van der Waals surface area (Å²) in [5.74, 6) is 1.35. The Morgan fingerprint density at radius 2 is 1.66 bits per heavy atom. The van der Waals surface area contributed by atoms with Crippen LogP contribution in [0.3, 0.4) is 0 Å². The number of fused-ring (bicyclic) bond motifs is 4. The fourth-order valence-electron chi connectivity index (χ4n) is 4.07. The second-order valence-electron chi connectivity index (χ2n) is 7.10. The summed E-state index contributed by atoms with van der Waals surface area (Å²) in [4.78, 5) is 0. The Kier molecular flexibility index (Phi) is 3.89. The van der Waals surface area contributed by atoms with Crippen LogP contribution < -0.4 is 15.2 Å². The van der Waals surface area contributed by atoms with Crippen LogP contribution in [-0.2, 0) is 0 Å². The Balaban J connectivity index is 1.77. The van der Waals surface area contributed by atoms with Crippen molar-refractivity contribution in [2.45, 2.75) is 5.92 Å². The minimum atomic E-state index is -0.287. The van der Waals surface area contributed by atoms with E-state index in [4.69, 9.17) is 15.2 Å². The van der Waals surface area contributed by atoms with Gasteiger partial charge in [-0.15, -0.1) is 0 Å². The molecule has 0 radical (unpaired) electrons. The van der Waals surface area contributed by atoms with Crippen LogP contribution in [0.2, 0.25) is 0 Å². The number of nitrogens with zero attached hydrogens (tertiary/aromatic N) is 1. The normalized spacial score (nSPS) is 15.7. The van der Waals surface area contributed by atoms with Gasteiger partial charge in [-0.2, -0.15) is 5.26 Å². The van der Waals surface area contributed by atoms with Crippen LogP contribution in [0, 0.1) is 11.3 Å². The summed E-state index contributed by atoms with van der Waals surface area (Å²) in [7, 11) is 1.63. The van der Waals surface area contributed by atoms with E-state index in [1.807, 2.05) is 42.5 Å². The topological polar surface area (TPSA) is 68.3 Å². The molecule has 0 amide bonds. The van der Waals surface area contributed by atoms with Crippen molar-refractivity contribution in [3.8, 4) is 17.6 Å². The lowest BCUT2D eigenvalue weighted by molar-refractivity contribution is 0.398. The summed E-state index contributed by atoms with van der Waals surface area (Å²) in [6, 6.07) is 26.6. The van der Waals surface area contributed by atoms with E-state index in [0.29, 0.717) is 11.3 Å². The van der Waals surface area contributed by atoms with Crippen LogP contribution in [0.25, 0.3) is 21.5 Å². The van der Waals surface area contributed by atoms with Crippen molar-refractivity contribution in [2.75, 3.05) is 7.11 Å². The van der Waals surface area contributed by atoms with Gasteiger partial charge in [0.15, 0.2) is 0 Å². The number of ether oxygens (including phenoxy) is 2. The molecule has 1 aliphatic heterocycles. The third kappa shape index (κ3) is 2.67. The smallest absolute Gasteiger partial charge is 0.205 e. The molecule has 0 saturated carbocycles. The molecule has 0 spiro atoms. The lowest BCUT2D eigenvalue weighted by Crippen LogP contribution is -2.21. The van der Waals surface area contributed by atoms with Crippen LogP contribution in [0.5, 0.6) is 11.5 Å². The maximum Gasteiger partial charge on any atom is 0.205 e. The highest BCUT2D eigenvalue weighted by atomic mass is 16.5. The van der Waals surface area contributed by atoms with E-state index < -0.39 is 0 Å². The van der Waals surface area contributed by atoms with Gasteiger partial charge < -0.3 is 15.2 Å². The molecule has 5 rings (SSSR count). The van der Waals surface area contributed by atoms with E-state index in [9.17, 15) is 5.26 Å². The molecule has 0 fully saturated rings. The lowest BCUT2D eigenvalue weighted by atomic mass is 9.82. The van der Waals surface area contributed by atoms with E-state index in [-0.39, 0.29) is 11.8 Å². The average Bonchev–Trinajstić information content (AvgIpc) is 2.77. The SMILES string of the molecule is COc1ccc(C2C(C#N)=C(N)Oc3c2ccc2cc4ccccc4cc32)cc1. The Morgan fingerprint density at radius 3 is 2.34 bits per heavy atom. The summed E-state index contributed by atoms with van der Waals surface area (Å²) >= 11 is 0. The van der Waals surface area contributed by atoms with Crippen molar-refractivity contribution in [1.82, 2.24) is 0 Å².